The number of fused-ring (bicyclic) bond motifs is 1. The fourth-order valence-corrected chi connectivity index (χ4v) is 1.82. The predicted octanol–water partition coefficient (Wildman–Crippen LogP) is 3.05. The van der Waals surface area contributed by atoms with E-state index in [1.807, 2.05) is 24.3 Å². The Labute approximate surface area is 96.8 Å². The SMILES string of the molecule is NCc1ccc2c(ccn2CCC(F)(F)F)c1. The van der Waals surface area contributed by atoms with Crippen LogP contribution in [0.25, 0.3) is 10.9 Å². The molecule has 2 aromatic rings. The molecule has 0 radical (unpaired) electrons. The minimum Gasteiger partial charge on any atom is -0.347 e. The number of halogens is 3. The second kappa shape index (κ2) is 4.41. The molecule has 5 heteroatoms. The number of alkyl halides is 3. The van der Waals surface area contributed by atoms with E-state index in [0.717, 1.165) is 16.5 Å². The number of rotatable bonds is 3. The second-order valence-corrected chi connectivity index (χ2v) is 3.97. The summed E-state index contributed by atoms with van der Waals surface area (Å²) in [4.78, 5) is 0. The first-order chi connectivity index (χ1) is 7.99. The molecule has 17 heavy (non-hydrogen) atoms. The van der Waals surface area contributed by atoms with E-state index < -0.39 is 12.6 Å². The lowest BCUT2D eigenvalue weighted by Gasteiger charge is -2.08. The molecule has 0 saturated heterocycles. The third-order valence-corrected chi connectivity index (χ3v) is 2.71. The molecule has 0 aliphatic rings. The molecule has 0 unspecified atom stereocenters. The molecule has 1 aromatic carbocycles. The van der Waals surface area contributed by atoms with Crippen LogP contribution in [0.2, 0.25) is 0 Å². The van der Waals surface area contributed by atoms with E-state index >= 15 is 0 Å². The smallest absolute Gasteiger partial charge is 0.347 e. The zero-order chi connectivity index (χ0) is 12.5. The third-order valence-electron chi connectivity index (χ3n) is 2.71. The molecule has 0 aliphatic heterocycles. The van der Waals surface area contributed by atoms with Crippen LogP contribution in [-0.2, 0) is 13.1 Å². The monoisotopic (exact) mass is 242 g/mol. The van der Waals surface area contributed by atoms with E-state index in [2.05, 4.69) is 0 Å². The van der Waals surface area contributed by atoms with Crippen LogP contribution in [0, 0.1) is 0 Å². The number of nitrogens with two attached hydrogens (primary N) is 1. The van der Waals surface area contributed by atoms with E-state index in [1.54, 1.807) is 10.8 Å². The maximum atomic E-state index is 12.1. The Morgan fingerprint density at radius 1 is 1.18 bits per heavy atom. The molecule has 0 aliphatic carbocycles. The van der Waals surface area contributed by atoms with Crippen molar-refractivity contribution in [2.24, 2.45) is 5.73 Å². The molecular weight excluding hydrogens is 229 g/mol. The first kappa shape index (κ1) is 12.0. The van der Waals surface area contributed by atoms with Gasteiger partial charge in [-0.3, -0.25) is 0 Å². The van der Waals surface area contributed by atoms with Gasteiger partial charge in [0.1, 0.15) is 0 Å². The summed E-state index contributed by atoms with van der Waals surface area (Å²) in [5, 5.41) is 0.926. The van der Waals surface area contributed by atoms with Crippen LogP contribution < -0.4 is 5.73 Å². The van der Waals surface area contributed by atoms with Crippen LogP contribution in [0.4, 0.5) is 13.2 Å². The minimum atomic E-state index is -4.12. The van der Waals surface area contributed by atoms with Gasteiger partial charge in [0.25, 0.3) is 0 Å². The molecule has 2 N–H and O–H groups in total. The molecule has 92 valence electrons. The summed E-state index contributed by atoms with van der Waals surface area (Å²) in [7, 11) is 0. The van der Waals surface area contributed by atoms with E-state index in [9.17, 15) is 13.2 Å². The molecule has 0 saturated carbocycles. The fourth-order valence-electron chi connectivity index (χ4n) is 1.82. The van der Waals surface area contributed by atoms with Crippen LogP contribution in [0.1, 0.15) is 12.0 Å². The van der Waals surface area contributed by atoms with Gasteiger partial charge in [0, 0.05) is 24.8 Å². The number of benzene rings is 1. The van der Waals surface area contributed by atoms with Crippen molar-refractivity contribution in [2.75, 3.05) is 0 Å². The van der Waals surface area contributed by atoms with Crippen molar-refractivity contribution < 1.29 is 13.2 Å². The molecule has 1 heterocycles. The second-order valence-electron chi connectivity index (χ2n) is 3.97. The van der Waals surface area contributed by atoms with Gasteiger partial charge in [0.2, 0.25) is 0 Å². The van der Waals surface area contributed by atoms with E-state index in [4.69, 9.17) is 5.73 Å². The summed E-state index contributed by atoms with van der Waals surface area (Å²) in [6.45, 7) is 0.388. The fraction of sp³-hybridized carbons (Fsp3) is 0.333. The molecule has 2 nitrogen and oxygen atoms in total. The standard InChI is InChI=1S/C12H13F3N2/c13-12(14,15)4-6-17-5-3-10-7-9(8-16)1-2-11(10)17/h1-3,5,7H,4,6,8,16H2. The van der Waals surface area contributed by atoms with Gasteiger partial charge in [0.15, 0.2) is 0 Å². The zero-order valence-electron chi connectivity index (χ0n) is 9.17. The summed E-state index contributed by atoms with van der Waals surface area (Å²) in [5.74, 6) is 0. The Morgan fingerprint density at radius 3 is 2.59 bits per heavy atom. The van der Waals surface area contributed by atoms with E-state index in [1.165, 1.54) is 0 Å². The highest BCUT2D eigenvalue weighted by Gasteiger charge is 2.26. The summed E-state index contributed by atoms with van der Waals surface area (Å²) in [6.07, 6.45) is -3.25. The molecule has 0 spiro atoms. The van der Waals surface area contributed by atoms with Gasteiger partial charge >= 0.3 is 6.18 Å². The van der Waals surface area contributed by atoms with Gasteiger partial charge in [-0.1, -0.05) is 6.07 Å². The van der Waals surface area contributed by atoms with Gasteiger partial charge in [-0.25, -0.2) is 0 Å². The van der Waals surface area contributed by atoms with Crippen LogP contribution in [0.3, 0.4) is 0 Å². The van der Waals surface area contributed by atoms with Crippen molar-refractivity contribution in [3.05, 3.63) is 36.0 Å². The number of aryl methyl sites for hydroxylation is 1. The van der Waals surface area contributed by atoms with Gasteiger partial charge in [-0.2, -0.15) is 13.2 Å². The Kier molecular flexibility index (Phi) is 3.11. The lowest BCUT2D eigenvalue weighted by molar-refractivity contribution is -0.136. The average molecular weight is 242 g/mol. The van der Waals surface area contributed by atoms with Crippen molar-refractivity contribution >= 4 is 10.9 Å². The van der Waals surface area contributed by atoms with E-state index in [-0.39, 0.29) is 6.54 Å². The Morgan fingerprint density at radius 2 is 1.94 bits per heavy atom. The summed E-state index contributed by atoms with van der Waals surface area (Å²) in [5.41, 5.74) is 7.30. The maximum Gasteiger partial charge on any atom is 0.390 e. The van der Waals surface area contributed by atoms with Crippen molar-refractivity contribution in [1.29, 1.82) is 0 Å². The number of nitrogens with zero attached hydrogens (tertiary/aromatic N) is 1. The minimum absolute atomic E-state index is 0.0467. The van der Waals surface area contributed by atoms with Gasteiger partial charge < -0.3 is 10.3 Å². The molecule has 2 rings (SSSR count). The largest absolute Gasteiger partial charge is 0.390 e. The topological polar surface area (TPSA) is 30.9 Å². The summed E-state index contributed by atoms with van der Waals surface area (Å²) in [6, 6.07) is 7.37. The number of hydrogen-bond acceptors (Lipinski definition) is 1. The third kappa shape index (κ3) is 2.79. The highest BCUT2D eigenvalue weighted by Crippen LogP contribution is 2.23. The number of aromatic nitrogens is 1. The molecule has 0 fully saturated rings. The predicted molar refractivity (Wildman–Crippen MR) is 60.5 cm³/mol. The van der Waals surface area contributed by atoms with E-state index in [0.29, 0.717) is 6.54 Å². The lowest BCUT2D eigenvalue weighted by atomic mass is 10.1. The first-order valence-corrected chi connectivity index (χ1v) is 5.34. The average Bonchev–Trinajstić information content (AvgIpc) is 2.67. The van der Waals surface area contributed by atoms with Gasteiger partial charge in [-0.15, -0.1) is 0 Å². The van der Waals surface area contributed by atoms with Crippen LogP contribution in [-0.4, -0.2) is 10.7 Å². The maximum absolute atomic E-state index is 12.1. The quantitative estimate of drug-likeness (QED) is 0.881. The lowest BCUT2D eigenvalue weighted by Crippen LogP contribution is -2.11. The normalized spacial score (nSPS) is 12.2. The Balaban J connectivity index is 2.24. The first-order valence-electron chi connectivity index (χ1n) is 5.34. The Hall–Kier alpha value is -1.49. The molecule has 0 atom stereocenters. The summed E-state index contributed by atoms with van der Waals surface area (Å²) < 4.78 is 38.0. The van der Waals surface area contributed by atoms with Crippen molar-refractivity contribution in [2.45, 2.75) is 25.7 Å². The summed E-state index contributed by atoms with van der Waals surface area (Å²) >= 11 is 0. The van der Waals surface area contributed by atoms with Crippen LogP contribution in [0.5, 0.6) is 0 Å². The highest BCUT2D eigenvalue weighted by atomic mass is 19.4. The van der Waals surface area contributed by atoms with Crippen LogP contribution in [0.15, 0.2) is 30.5 Å². The molecular formula is C12H13F3N2. The van der Waals surface area contributed by atoms with Crippen molar-refractivity contribution in [3.63, 3.8) is 0 Å². The number of hydrogen-bond donors (Lipinski definition) is 1. The molecule has 0 amide bonds. The molecule has 0 bridgehead atoms. The zero-order valence-corrected chi connectivity index (χ0v) is 9.17. The van der Waals surface area contributed by atoms with Crippen molar-refractivity contribution in [1.82, 2.24) is 4.57 Å². The highest BCUT2D eigenvalue weighted by molar-refractivity contribution is 5.80. The van der Waals surface area contributed by atoms with Gasteiger partial charge in [-0.05, 0) is 29.1 Å². The Bertz CT molecular complexity index is 514. The van der Waals surface area contributed by atoms with Crippen molar-refractivity contribution in [3.8, 4) is 0 Å². The van der Waals surface area contributed by atoms with Gasteiger partial charge in [0.05, 0.1) is 6.42 Å². The molecule has 1 aromatic heterocycles. The van der Waals surface area contributed by atoms with Crippen LogP contribution >= 0.6 is 0 Å².